The molecule has 2 rings (SSSR count). The Morgan fingerprint density at radius 3 is 2.31 bits per heavy atom. The minimum absolute atomic E-state index is 0.133. The van der Waals surface area contributed by atoms with Crippen molar-refractivity contribution < 1.29 is 22.3 Å². The molecule has 0 saturated carbocycles. The zero-order chi connectivity index (χ0) is 19.2. The van der Waals surface area contributed by atoms with E-state index in [1.165, 1.54) is 14.2 Å². The Balaban J connectivity index is 1.99. The Labute approximate surface area is 153 Å². The maximum Gasteiger partial charge on any atom is 0.243 e. The maximum atomic E-state index is 14.1. The molecule has 6 nitrogen and oxygen atoms in total. The van der Waals surface area contributed by atoms with Crippen LogP contribution in [0.2, 0.25) is 0 Å². The van der Waals surface area contributed by atoms with Crippen molar-refractivity contribution in [3.8, 4) is 11.5 Å². The van der Waals surface area contributed by atoms with Crippen LogP contribution in [0.25, 0.3) is 0 Å². The van der Waals surface area contributed by atoms with Gasteiger partial charge in [0.25, 0.3) is 0 Å². The quantitative estimate of drug-likeness (QED) is 0.676. The number of benzene rings is 2. The zero-order valence-corrected chi connectivity index (χ0v) is 15.8. The number of anilines is 1. The number of nitrogens with one attached hydrogen (secondary N) is 1. The first-order valence-electron chi connectivity index (χ1n) is 8.06. The van der Waals surface area contributed by atoms with E-state index in [4.69, 9.17) is 9.47 Å². The van der Waals surface area contributed by atoms with E-state index < -0.39 is 20.7 Å². The highest BCUT2D eigenvalue weighted by Crippen LogP contribution is 2.31. The van der Waals surface area contributed by atoms with Gasteiger partial charge in [0, 0.05) is 38.0 Å². The standard InChI is InChI=1S/C18H23FN2O4S/c1-21(14-8-5-4-6-9-14)11-7-10-20-26(22,23)18-13-17(25-3)16(24-2)12-15(18)19/h4-6,8-9,12-13,20H,7,10-11H2,1-3H3. The summed E-state index contributed by atoms with van der Waals surface area (Å²) >= 11 is 0. The van der Waals surface area contributed by atoms with Gasteiger partial charge in [0.2, 0.25) is 10.0 Å². The molecule has 26 heavy (non-hydrogen) atoms. The molecule has 0 heterocycles. The van der Waals surface area contributed by atoms with Crippen LogP contribution < -0.4 is 19.1 Å². The fraction of sp³-hybridized carbons (Fsp3) is 0.333. The Morgan fingerprint density at radius 2 is 1.69 bits per heavy atom. The van der Waals surface area contributed by atoms with Crippen LogP contribution in [0.4, 0.5) is 10.1 Å². The summed E-state index contributed by atoms with van der Waals surface area (Å²) in [5.74, 6) is -0.608. The number of rotatable bonds is 9. The molecule has 8 heteroatoms. The van der Waals surface area contributed by atoms with Gasteiger partial charge in [0.1, 0.15) is 10.7 Å². The van der Waals surface area contributed by atoms with E-state index in [2.05, 4.69) is 4.72 Å². The molecule has 0 aliphatic carbocycles. The fourth-order valence-corrected chi connectivity index (χ4v) is 3.60. The van der Waals surface area contributed by atoms with Crippen molar-refractivity contribution in [1.29, 1.82) is 0 Å². The first-order valence-corrected chi connectivity index (χ1v) is 9.54. The molecular weight excluding hydrogens is 359 g/mol. The topological polar surface area (TPSA) is 67.9 Å². The van der Waals surface area contributed by atoms with Gasteiger partial charge in [-0.05, 0) is 18.6 Å². The highest BCUT2D eigenvalue weighted by atomic mass is 32.2. The normalized spacial score (nSPS) is 11.2. The molecule has 0 radical (unpaired) electrons. The van der Waals surface area contributed by atoms with Crippen molar-refractivity contribution in [2.45, 2.75) is 11.3 Å². The van der Waals surface area contributed by atoms with Crippen LogP contribution in [0, 0.1) is 5.82 Å². The Bertz CT molecular complexity index is 829. The van der Waals surface area contributed by atoms with Crippen molar-refractivity contribution in [1.82, 2.24) is 4.72 Å². The van der Waals surface area contributed by atoms with E-state index in [1.54, 1.807) is 0 Å². The number of hydrogen-bond donors (Lipinski definition) is 1. The van der Waals surface area contributed by atoms with Crippen LogP contribution in [0.3, 0.4) is 0 Å². The maximum absolute atomic E-state index is 14.1. The monoisotopic (exact) mass is 382 g/mol. The van der Waals surface area contributed by atoms with Gasteiger partial charge >= 0.3 is 0 Å². The Morgan fingerprint density at radius 1 is 1.08 bits per heavy atom. The number of halogens is 1. The van der Waals surface area contributed by atoms with Crippen molar-refractivity contribution in [2.24, 2.45) is 0 Å². The highest BCUT2D eigenvalue weighted by Gasteiger charge is 2.22. The van der Waals surface area contributed by atoms with Crippen molar-refractivity contribution in [2.75, 3.05) is 39.3 Å². The van der Waals surface area contributed by atoms with Gasteiger partial charge in [-0.25, -0.2) is 17.5 Å². The molecule has 0 bridgehead atoms. The third-order valence-electron chi connectivity index (χ3n) is 3.89. The largest absolute Gasteiger partial charge is 0.493 e. The summed E-state index contributed by atoms with van der Waals surface area (Å²) in [4.78, 5) is 1.55. The lowest BCUT2D eigenvalue weighted by Crippen LogP contribution is -2.29. The highest BCUT2D eigenvalue weighted by molar-refractivity contribution is 7.89. The third-order valence-corrected chi connectivity index (χ3v) is 5.36. The number of nitrogens with zero attached hydrogens (tertiary/aromatic N) is 1. The lowest BCUT2D eigenvalue weighted by atomic mass is 10.3. The predicted octanol–water partition coefficient (Wildman–Crippen LogP) is 2.65. The molecule has 0 aliphatic rings. The van der Waals surface area contributed by atoms with Crippen molar-refractivity contribution >= 4 is 15.7 Å². The molecule has 0 atom stereocenters. The summed E-state index contributed by atoms with van der Waals surface area (Å²) in [5, 5.41) is 0. The third kappa shape index (κ3) is 4.86. The van der Waals surface area contributed by atoms with Crippen LogP contribution in [0.1, 0.15) is 6.42 Å². The van der Waals surface area contributed by atoms with Crippen LogP contribution in [0.5, 0.6) is 11.5 Å². The summed E-state index contributed by atoms with van der Waals surface area (Å²) in [6, 6.07) is 11.9. The second-order valence-electron chi connectivity index (χ2n) is 5.65. The molecule has 0 spiro atoms. The molecule has 2 aromatic rings. The Kier molecular flexibility index (Phi) is 6.82. The van der Waals surface area contributed by atoms with E-state index >= 15 is 0 Å². The minimum Gasteiger partial charge on any atom is -0.493 e. The van der Waals surface area contributed by atoms with Gasteiger partial charge in [-0.3, -0.25) is 0 Å². The smallest absolute Gasteiger partial charge is 0.243 e. The van der Waals surface area contributed by atoms with E-state index in [0.29, 0.717) is 13.0 Å². The van der Waals surface area contributed by atoms with E-state index in [0.717, 1.165) is 17.8 Å². The minimum atomic E-state index is -3.99. The van der Waals surface area contributed by atoms with Crippen LogP contribution in [-0.2, 0) is 10.0 Å². The first kappa shape index (κ1) is 20.0. The first-order chi connectivity index (χ1) is 12.4. The second-order valence-corrected chi connectivity index (χ2v) is 7.38. The van der Waals surface area contributed by atoms with Crippen LogP contribution in [0.15, 0.2) is 47.4 Å². The molecular formula is C18H23FN2O4S. The molecule has 0 saturated heterocycles. The van der Waals surface area contributed by atoms with Gasteiger partial charge in [-0.15, -0.1) is 0 Å². The van der Waals surface area contributed by atoms with Gasteiger partial charge < -0.3 is 14.4 Å². The number of hydrogen-bond acceptors (Lipinski definition) is 5. The van der Waals surface area contributed by atoms with Crippen molar-refractivity contribution in [3.63, 3.8) is 0 Å². The van der Waals surface area contributed by atoms with Gasteiger partial charge in [0.05, 0.1) is 14.2 Å². The molecule has 0 aliphatic heterocycles. The van der Waals surface area contributed by atoms with E-state index in [-0.39, 0.29) is 18.0 Å². The SMILES string of the molecule is COc1cc(F)c(S(=O)(=O)NCCCN(C)c2ccccc2)cc1OC. The molecule has 1 N–H and O–H groups in total. The van der Waals surface area contributed by atoms with Gasteiger partial charge in [0.15, 0.2) is 11.5 Å². The number of para-hydroxylation sites is 1. The molecule has 0 aromatic heterocycles. The Hall–Kier alpha value is -2.32. The molecule has 0 fully saturated rings. The second kappa shape index (κ2) is 8.86. The zero-order valence-electron chi connectivity index (χ0n) is 15.0. The predicted molar refractivity (Wildman–Crippen MR) is 99.0 cm³/mol. The summed E-state index contributed by atoms with van der Waals surface area (Å²) in [6.07, 6.45) is 0.569. The molecule has 0 amide bonds. The van der Waals surface area contributed by atoms with E-state index in [9.17, 15) is 12.8 Å². The van der Waals surface area contributed by atoms with Gasteiger partial charge in [-0.1, -0.05) is 18.2 Å². The fourth-order valence-electron chi connectivity index (χ4n) is 2.45. The summed E-state index contributed by atoms with van der Waals surface area (Å²) < 4.78 is 51.3. The average molecular weight is 382 g/mol. The molecule has 142 valence electrons. The molecule has 0 unspecified atom stereocenters. The van der Waals surface area contributed by atoms with Gasteiger partial charge in [-0.2, -0.15) is 0 Å². The lowest BCUT2D eigenvalue weighted by molar-refractivity contribution is 0.350. The number of sulfonamides is 1. The van der Waals surface area contributed by atoms with Crippen LogP contribution >= 0.6 is 0 Å². The van der Waals surface area contributed by atoms with Crippen molar-refractivity contribution in [3.05, 3.63) is 48.3 Å². The average Bonchev–Trinajstić information content (AvgIpc) is 2.65. The number of ether oxygens (including phenoxy) is 2. The lowest BCUT2D eigenvalue weighted by Gasteiger charge is -2.19. The summed E-state index contributed by atoms with van der Waals surface area (Å²) in [6.45, 7) is 0.842. The summed E-state index contributed by atoms with van der Waals surface area (Å²) in [7, 11) is 0.652. The van der Waals surface area contributed by atoms with E-state index in [1.807, 2.05) is 42.3 Å². The number of methoxy groups -OCH3 is 2. The molecule has 2 aromatic carbocycles. The van der Waals surface area contributed by atoms with Crippen LogP contribution in [-0.4, -0.2) is 42.8 Å². The summed E-state index contributed by atoms with van der Waals surface area (Å²) in [5.41, 5.74) is 1.04.